The molecule has 4 aromatic rings. The number of fused-ring (bicyclic) bond motifs is 2. The quantitative estimate of drug-likeness (QED) is 0.0780. The van der Waals surface area contributed by atoms with Crippen molar-refractivity contribution in [1.29, 1.82) is 10.5 Å². The van der Waals surface area contributed by atoms with Crippen molar-refractivity contribution in [2.24, 2.45) is 5.92 Å². The molecule has 2 aromatic carbocycles. The molecule has 2 aromatic heterocycles. The first-order valence-electron chi connectivity index (χ1n) is 20.7. The van der Waals surface area contributed by atoms with Gasteiger partial charge in [0.05, 0.1) is 18.1 Å². The second kappa shape index (κ2) is 17.8. The van der Waals surface area contributed by atoms with E-state index in [-0.39, 0.29) is 48.3 Å². The van der Waals surface area contributed by atoms with Crippen molar-refractivity contribution in [2.75, 3.05) is 10.6 Å². The van der Waals surface area contributed by atoms with E-state index in [0.29, 0.717) is 24.6 Å². The first-order valence-corrected chi connectivity index (χ1v) is 20.7. The Morgan fingerprint density at radius 1 is 0.763 bits per heavy atom. The lowest BCUT2D eigenvalue weighted by Crippen LogP contribution is -2.33. The summed E-state index contributed by atoms with van der Waals surface area (Å²) in [5.74, 6) is 2.09. The molecule has 4 aliphatic rings. The standard InChI is InChI=1S/C22H27N5O3.C22H27N5O2/c1-13(2)24-21(28)30-16-7-6-14(8-16)19-9-20(27-26-19)25-18-5-3-4-15-10-22(29,12-23)11-17(15)18;1-13(2)24-22(28)29-17-7-6-16(10-17)20-11-21(27-26-20)25-19-5-3-4-15-8-14(12-23)9-18(15)19/h3-5,9,13-14,16,29H,6-8,10-11H2,1-2H3,(H,24,28)(H2,25,26,27);3-5,11,13-14,16-17H,6-10H2,1-2H3,(H,24,28)(H2,25,26,27)/t14-,16?,22?;14?,16-,17+/m00/s1. The molecule has 15 nitrogen and oxygen atoms in total. The maximum Gasteiger partial charge on any atom is 0.407 e. The zero-order chi connectivity index (χ0) is 41.7. The number of benzene rings is 2. The fraction of sp³-hybridized carbons (Fsp3) is 0.500. The lowest BCUT2D eigenvalue weighted by atomic mass is 10.0. The maximum absolute atomic E-state index is 11.8. The Hall–Kier alpha value is -6.06. The zero-order valence-corrected chi connectivity index (χ0v) is 34.1. The van der Waals surface area contributed by atoms with E-state index < -0.39 is 5.60 Å². The Morgan fingerprint density at radius 2 is 1.29 bits per heavy atom. The maximum atomic E-state index is 11.8. The Balaban J connectivity index is 0.000000179. The van der Waals surface area contributed by atoms with Crippen LogP contribution in [0.2, 0.25) is 0 Å². The van der Waals surface area contributed by atoms with Gasteiger partial charge in [-0.2, -0.15) is 20.7 Å². The molecular formula is C44H54N10O5. The van der Waals surface area contributed by atoms with Gasteiger partial charge in [0.25, 0.3) is 0 Å². The minimum atomic E-state index is -1.34. The summed E-state index contributed by atoms with van der Waals surface area (Å²) < 4.78 is 11.0. The van der Waals surface area contributed by atoms with Gasteiger partial charge in [-0.25, -0.2) is 9.59 Å². The number of nitrogens with one attached hydrogen (secondary N) is 6. The summed E-state index contributed by atoms with van der Waals surface area (Å²) in [4.78, 5) is 23.6. The van der Waals surface area contributed by atoms with Gasteiger partial charge in [0, 0.05) is 71.7 Å². The van der Waals surface area contributed by atoms with Gasteiger partial charge in [0.1, 0.15) is 12.2 Å². The van der Waals surface area contributed by atoms with E-state index in [4.69, 9.17) is 9.47 Å². The Morgan fingerprint density at radius 3 is 1.80 bits per heavy atom. The highest BCUT2D eigenvalue weighted by Crippen LogP contribution is 2.40. The molecule has 0 saturated heterocycles. The molecule has 0 spiro atoms. The molecule has 3 unspecified atom stereocenters. The van der Waals surface area contributed by atoms with Crippen molar-refractivity contribution in [2.45, 2.75) is 134 Å². The first kappa shape index (κ1) is 41.1. The summed E-state index contributed by atoms with van der Waals surface area (Å²) in [7, 11) is 0. The number of aliphatic hydroxyl groups is 1. The third kappa shape index (κ3) is 10.2. The van der Waals surface area contributed by atoms with Crippen molar-refractivity contribution in [3.05, 3.63) is 82.2 Å². The third-order valence-electron chi connectivity index (χ3n) is 11.5. The van der Waals surface area contributed by atoms with Crippen LogP contribution in [-0.2, 0) is 35.2 Å². The number of nitrogens with zero attached hydrogens (tertiary/aromatic N) is 4. The number of hydrogen-bond donors (Lipinski definition) is 7. The number of alkyl carbamates (subject to hydrolysis) is 2. The number of carbonyl (C=O) groups is 2. The normalized spacial score (nSPS) is 24.0. The average molecular weight is 803 g/mol. The minimum absolute atomic E-state index is 0.0551. The molecule has 0 aliphatic heterocycles. The Bertz CT molecular complexity index is 2220. The van der Waals surface area contributed by atoms with Gasteiger partial charge < -0.3 is 35.8 Å². The van der Waals surface area contributed by atoms with Gasteiger partial charge in [-0.3, -0.25) is 10.2 Å². The fourth-order valence-corrected chi connectivity index (χ4v) is 8.73. The van der Waals surface area contributed by atoms with Crippen LogP contribution in [0.1, 0.15) is 112 Å². The molecule has 0 radical (unpaired) electrons. The van der Waals surface area contributed by atoms with Crippen LogP contribution in [0.15, 0.2) is 48.5 Å². The van der Waals surface area contributed by atoms with Crippen LogP contribution in [0.3, 0.4) is 0 Å². The molecule has 4 aliphatic carbocycles. The van der Waals surface area contributed by atoms with Gasteiger partial charge >= 0.3 is 12.2 Å². The number of H-pyrrole nitrogens is 2. The molecule has 2 heterocycles. The number of aromatic amines is 2. The van der Waals surface area contributed by atoms with Crippen LogP contribution >= 0.6 is 0 Å². The summed E-state index contributed by atoms with van der Waals surface area (Å²) in [6, 6.07) is 20.5. The summed E-state index contributed by atoms with van der Waals surface area (Å²) >= 11 is 0. The van der Waals surface area contributed by atoms with E-state index in [0.717, 1.165) is 91.1 Å². The van der Waals surface area contributed by atoms with E-state index in [1.165, 1.54) is 11.1 Å². The van der Waals surface area contributed by atoms with Gasteiger partial charge in [0.15, 0.2) is 17.2 Å². The molecule has 0 bridgehead atoms. The SMILES string of the molecule is CC(C)NC(=O)OC1CC[C@H](c2cc(Nc3cccc4c3CC(O)(C#N)C4)n[nH]2)C1.CC(C)NC(=O)O[C@@H]1CC[C@H](c2cc(Nc3cccc4c3CC(C#N)C4)n[nH]2)C1. The highest BCUT2D eigenvalue weighted by molar-refractivity contribution is 5.68. The zero-order valence-electron chi connectivity index (χ0n) is 34.1. The van der Waals surface area contributed by atoms with Crippen LogP contribution in [0.25, 0.3) is 0 Å². The second-order valence-electron chi connectivity index (χ2n) is 17.0. The Kier molecular flexibility index (Phi) is 12.4. The van der Waals surface area contributed by atoms with Crippen molar-refractivity contribution in [3.63, 3.8) is 0 Å². The number of hydrogen-bond acceptors (Lipinski definition) is 11. The van der Waals surface area contributed by atoms with E-state index in [1.807, 2.05) is 76.2 Å². The van der Waals surface area contributed by atoms with Crippen molar-refractivity contribution >= 4 is 35.2 Å². The van der Waals surface area contributed by atoms with Gasteiger partial charge in [-0.1, -0.05) is 24.3 Å². The van der Waals surface area contributed by atoms with E-state index in [2.05, 4.69) is 53.8 Å². The molecule has 15 heteroatoms. The van der Waals surface area contributed by atoms with Gasteiger partial charge in [-0.15, -0.1) is 0 Å². The number of amides is 2. The molecule has 6 atom stereocenters. The van der Waals surface area contributed by atoms with Crippen LogP contribution in [0, 0.1) is 28.6 Å². The topological polar surface area (TPSA) is 226 Å². The van der Waals surface area contributed by atoms with Crippen molar-refractivity contribution in [3.8, 4) is 12.1 Å². The first-order chi connectivity index (χ1) is 28.4. The van der Waals surface area contributed by atoms with E-state index in [1.54, 1.807) is 0 Å². The van der Waals surface area contributed by atoms with Gasteiger partial charge in [0.2, 0.25) is 0 Å². The number of nitriles is 2. The van der Waals surface area contributed by atoms with Crippen molar-refractivity contribution < 1.29 is 24.2 Å². The highest BCUT2D eigenvalue weighted by atomic mass is 16.6. The minimum Gasteiger partial charge on any atom is -0.446 e. The van der Waals surface area contributed by atoms with Crippen LogP contribution in [-0.4, -0.2) is 67.6 Å². The summed E-state index contributed by atoms with van der Waals surface area (Å²) in [6.45, 7) is 7.64. The molecule has 59 heavy (non-hydrogen) atoms. The van der Waals surface area contributed by atoms with Crippen LogP contribution < -0.4 is 21.3 Å². The lowest BCUT2D eigenvalue weighted by Gasteiger charge is -2.14. The number of anilines is 4. The molecule has 2 fully saturated rings. The van der Waals surface area contributed by atoms with Crippen LogP contribution in [0.4, 0.5) is 32.6 Å². The average Bonchev–Trinajstić information content (AvgIpc) is 4.04. The molecule has 2 saturated carbocycles. The lowest BCUT2D eigenvalue weighted by molar-refractivity contribution is 0.0972. The van der Waals surface area contributed by atoms with E-state index in [9.17, 15) is 25.2 Å². The molecular weight excluding hydrogens is 749 g/mol. The summed E-state index contributed by atoms with van der Waals surface area (Å²) in [6.07, 6.45) is 6.55. The number of aromatic nitrogens is 4. The fourth-order valence-electron chi connectivity index (χ4n) is 8.73. The molecule has 2 amide bonds. The predicted octanol–water partition coefficient (Wildman–Crippen LogP) is 7.44. The number of carbonyl (C=O) groups excluding carboxylic acids is 2. The third-order valence-corrected chi connectivity index (χ3v) is 11.5. The smallest absolute Gasteiger partial charge is 0.407 e. The molecule has 7 N–H and O–H groups in total. The second-order valence-corrected chi connectivity index (χ2v) is 17.0. The molecule has 8 rings (SSSR count). The molecule has 310 valence electrons. The van der Waals surface area contributed by atoms with Gasteiger partial charge in [-0.05, 0) is 113 Å². The monoisotopic (exact) mass is 802 g/mol. The predicted molar refractivity (Wildman–Crippen MR) is 221 cm³/mol. The largest absolute Gasteiger partial charge is 0.446 e. The van der Waals surface area contributed by atoms with E-state index >= 15 is 0 Å². The number of ether oxygens (including phenoxy) is 2. The van der Waals surface area contributed by atoms with Crippen LogP contribution in [0.5, 0.6) is 0 Å². The highest BCUT2D eigenvalue weighted by Gasteiger charge is 2.37. The summed E-state index contributed by atoms with van der Waals surface area (Å²) in [5, 5.41) is 56.1. The van der Waals surface area contributed by atoms with Crippen molar-refractivity contribution in [1.82, 2.24) is 31.0 Å². The Labute approximate surface area is 344 Å². The number of rotatable bonds is 10. The summed E-state index contributed by atoms with van der Waals surface area (Å²) in [5.41, 5.74) is 7.01.